The fourth-order valence-corrected chi connectivity index (χ4v) is 1.44. The van der Waals surface area contributed by atoms with Crippen LogP contribution in [0.15, 0.2) is 45.8 Å². The number of hydrogen-bond donors (Lipinski definition) is 2. The van der Waals surface area contributed by atoms with Crippen LogP contribution in [0.2, 0.25) is 0 Å². The van der Waals surface area contributed by atoms with Gasteiger partial charge in [0.25, 0.3) is 5.91 Å². The van der Waals surface area contributed by atoms with Crippen molar-refractivity contribution in [3.63, 3.8) is 0 Å². The van der Waals surface area contributed by atoms with Gasteiger partial charge in [0.2, 0.25) is 0 Å². The first-order valence-electron chi connectivity index (χ1n) is 5.40. The largest absolute Gasteiger partial charge is 0.478 e. The molecule has 0 aliphatic carbocycles. The van der Waals surface area contributed by atoms with Crippen molar-refractivity contribution in [2.75, 3.05) is 5.32 Å². The van der Waals surface area contributed by atoms with Gasteiger partial charge in [-0.25, -0.2) is 14.0 Å². The lowest BCUT2D eigenvalue weighted by Gasteiger charge is -2.06. The SMILES string of the molecule is O=C(O)c1ccc(F)c(NC(=O)c2ccc(=O)oc2)c1. The molecular weight excluding hydrogens is 269 g/mol. The predicted molar refractivity (Wildman–Crippen MR) is 66.3 cm³/mol. The van der Waals surface area contributed by atoms with Crippen molar-refractivity contribution >= 4 is 17.6 Å². The van der Waals surface area contributed by atoms with Gasteiger partial charge in [0.15, 0.2) is 0 Å². The quantitative estimate of drug-likeness (QED) is 0.890. The maximum atomic E-state index is 13.5. The predicted octanol–water partition coefficient (Wildman–Crippen LogP) is 1.73. The normalized spacial score (nSPS) is 10.1. The molecule has 1 amide bonds. The van der Waals surface area contributed by atoms with Crippen LogP contribution in [0, 0.1) is 5.82 Å². The molecule has 2 N–H and O–H groups in total. The second kappa shape index (κ2) is 5.35. The molecule has 0 radical (unpaired) electrons. The summed E-state index contributed by atoms with van der Waals surface area (Å²) in [5, 5.41) is 11.0. The van der Waals surface area contributed by atoms with Crippen LogP contribution in [-0.4, -0.2) is 17.0 Å². The Bertz CT molecular complexity index is 717. The number of anilines is 1. The van der Waals surface area contributed by atoms with Crippen molar-refractivity contribution < 1.29 is 23.5 Å². The van der Waals surface area contributed by atoms with Crippen LogP contribution in [0.4, 0.5) is 10.1 Å². The molecule has 0 aliphatic rings. The molecule has 0 fully saturated rings. The second-order valence-electron chi connectivity index (χ2n) is 3.80. The average molecular weight is 277 g/mol. The van der Waals surface area contributed by atoms with Gasteiger partial charge in [-0.1, -0.05) is 0 Å². The highest BCUT2D eigenvalue weighted by molar-refractivity contribution is 6.04. The summed E-state index contributed by atoms with van der Waals surface area (Å²) in [6, 6.07) is 5.26. The van der Waals surface area contributed by atoms with Crippen molar-refractivity contribution in [2.45, 2.75) is 0 Å². The summed E-state index contributed by atoms with van der Waals surface area (Å²) in [5.74, 6) is -2.75. The maximum absolute atomic E-state index is 13.5. The van der Waals surface area contributed by atoms with Gasteiger partial charge in [0, 0.05) is 6.07 Å². The van der Waals surface area contributed by atoms with E-state index in [2.05, 4.69) is 9.73 Å². The third kappa shape index (κ3) is 2.89. The molecule has 1 heterocycles. The summed E-state index contributed by atoms with van der Waals surface area (Å²) in [4.78, 5) is 33.3. The lowest BCUT2D eigenvalue weighted by Crippen LogP contribution is -2.14. The van der Waals surface area contributed by atoms with Gasteiger partial charge < -0.3 is 14.8 Å². The van der Waals surface area contributed by atoms with E-state index in [-0.39, 0.29) is 16.8 Å². The second-order valence-corrected chi connectivity index (χ2v) is 3.80. The van der Waals surface area contributed by atoms with Crippen LogP contribution in [0.25, 0.3) is 0 Å². The van der Waals surface area contributed by atoms with Crippen LogP contribution >= 0.6 is 0 Å². The number of aromatic carboxylic acids is 1. The summed E-state index contributed by atoms with van der Waals surface area (Å²) in [6.07, 6.45) is 0.927. The first-order valence-corrected chi connectivity index (χ1v) is 5.40. The van der Waals surface area contributed by atoms with Gasteiger partial charge in [-0.05, 0) is 24.3 Å². The summed E-state index contributed by atoms with van der Waals surface area (Å²) in [5.41, 5.74) is -1.06. The Kier molecular flexibility index (Phi) is 3.60. The molecule has 0 spiro atoms. The van der Waals surface area contributed by atoms with Crippen molar-refractivity contribution in [3.8, 4) is 0 Å². The number of hydrogen-bond acceptors (Lipinski definition) is 4. The van der Waals surface area contributed by atoms with Gasteiger partial charge >= 0.3 is 11.6 Å². The van der Waals surface area contributed by atoms with Crippen molar-refractivity contribution in [1.29, 1.82) is 0 Å². The summed E-state index contributed by atoms with van der Waals surface area (Å²) < 4.78 is 18.0. The minimum absolute atomic E-state index is 0.00438. The molecule has 0 aliphatic heterocycles. The zero-order valence-electron chi connectivity index (χ0n) is 9.92. The Morgan fingerprint density at radius 3 is 2.45 bits per heavy atom. The molecular formula is C13H8FNO5. The summed E-state index contributed by atoms with van der Waals surface area (Å²) in [7, 11) is 0. The van der Waals surface area contributed by atoms with Gasteiger partial charge in [0.05, 0.1) is 16.8 Å². The Balaban J connectivity index is 2.27. The minimum Gasteiger partial charge on any atom is -0.478 e. The van der Waals surface area contributed by atoms with Crippen LogP contribution in [0.5, 0.6) is 0 Å². The Hall–Kier alpha value is -2.96. The number of carbonyl (C=O) groups is 2. The highest BCUT2D eigenvalue weighted by Crippen LogP contribution is 2.17. The molecule has 1 aromatic heterocycles. The van der Waals surface area contributed by atoms with Gasteiger partial charge in [-0.2, -0.15) is 0 Å². The molecule has 6 nitrogen and oxygen atoms in total. The van der Waals surface area contributed by atoms with Gasteiger partial charge in [-0.15, -0.1) is 0 Å². The highest BCUT2D eigenvalue weighted by Gasteiger charge is 2.12. The molecule has 0 saturated carbocycles. The number of rotatable bonds is 3. The molecule has 7 heteroatoms. The van der Waals surface area contributed by atoms with E-state index in [4.69, 9.17) is 5.11 Å². The molecule has 0 bridgehead atoms. The fraction of sp³-hybridized carbons (Fsp3) is 0. The topological polar surface area (TPSA) is 96.6 Å². The van der Waals surface area contributed by atoms with E-state index in [9.17, 15) is 18.8 Å². The molecule has 2 aromatic rings. The van der Waals surface area contributed by atoms with E-state index in [1.54, 1.807) is 0 Å². The number of amides is 1. The molecule has 1 aromatic carbocycles. The van der Waals surface area contributed by atoms with Crippen LogP contribution in [0.3, 0.4) is 0 Å². The standard InChI is InChI=1S/C13H8FNO5/c14-9-3-1-7(13(18)19)5-10(9)15-12(17)8-2-4-11(16)20-6-8/h1-6H,(H,15,17)(H,18,19). The third-order valence-electron chi connectivity index (χ3n) is 2.42. The first-order chi connectivity index (χ1) is 9.47. The number of carboxylic acid groups (broad SMARTS) is 1. The molecule has 20 heavy (non-hydrogen) atoms. The molecule has 0 unspecified atom stereocenters. The van der Waals surface area contributed by atoms with Crippen LogP contribution in [0.1, 0.15) is 20.7 Å². The summed E-state index contributed by atoms with van der Waals surface area (Å²) in [6.45, 7) is 0. The van der Waals surface area contributed by atoms with Crippen molar-refractivity contribution in [3.05, 3.63) is 64.0 Å². The molecule has 102 valence electrons. The summed E-state index contributed by atoms with van der Waals surface area (Å²) >= 11 is 0. The number of nitrogens with one attached hydrogen (secondary N) is 1. The number of benzene rings is 1. The van der Waals surface area contributed by atoms with E-state index in [1.165, 1.54) is 6.07 Å². The molecule has 2 rings (SSSR count). The lowest BCUT2D eigenvalue weighted by atomic mass is 10.2. The number of carboxylic acids is 1. The van der Waals surface area contributed by atoms with Crippen molar-refractivity contribution in [1.82, 2.24) is 0 Å². The molecule has 0 atom stereocenters. The van der Waals surface area contributed by atoms with E-state index in [0.29, 0.717) is 0 Å². The van der Waals surface area contributed by atoms with Crippen LogP contribution < -0.4 is 10.9 Å². The zero-order chi connectivity index (χ0) is 14.7. The molecule has 0 saturated heterocycles. The van der Waals surface area contributed by atoms with Gasteiger partial charge in [-0.3, -0.25) is 4.79 Å². The fourth-order valence-electron chi connectivity index (χ4n) is 1.44. The van der Waals surface area contributed by atoms with E-state index >= 15 is 0 Å². The smallest absolute Gasteiger partial charge is 0.335 e. The average Bonchev–Trinajstić information content (AvgIpc) is 2.41. The van der Waals surface area contributed by atoms with E-state index < -0.39 is 23.3 Å². The zero-order valence-corrected chi connectivity index (χ0v) is 9.92. The van der Waals surface area contributed by atoms with Crippen LogP contribution in [-0.2, 0) is 0 Å². The monoisotopic (exact) mass is 277 g/mol. The van der Waals surface area contributed by atoms with Gasteiger partial charge in [0.1, 0.15) is 12.1 Å². The Morgan fingerprint density at radius 2 is 1.85 bits per heavy atom. The minimum atomic E-state index is -1.24. The Morgan fingerprint density at radius 1 is 1.15 bits per heavy atom. The number of carbonyl (C=O) groups excluding carboxylic acids is 1. The van der Waals surface area contributed by atoms with E-state index in [1.807, 2.05) is 0 Å². The lowest BCUT2D eigenvalue weighted by molar-refractivity contribution is 0.0696. The van der Waals surface area contributed by atoms with E-state index in [0.717, 1.165) is 30.5 Å². The maximum Gasteiger partial charge on any atom is 0.335 e. The van der Waals surface area contributed by atoms with Crippen molar-refractivity contribution in [2.24, 2.45) is 0 Å². The third-order valence-corrected chi connectivity index (χ3v) is 2.42. The highest BCUT2D eigenvalue weighted by atomic mass is 19.1. The number of halogens is 1. The first kappa shape index (κ1) is 13.5. The Labute approximate surface area is 111 Å².